The predicted octanol–water partition coefficient (Wildman–Crippen LogP) is 2.79. The molecule has 172 valence electrons. The molecule has 1 amide bonds. The maximum absolute atomic E-state index is 12.7. The van der Waals surface area contributed by atoms with Gasteiger partial charge in [-0.05, 0) is 30.5 Å². The highest BCUT2D eigenvalue weighted by Gasteiger charge is 2.23. The minimum Gasteiger partial charge on any atom is -0.368 e. The molecule has 9 heteroatoms. The highest BCUT2D eigenvalue weighted by Crippen LogP contribution is 2.23. The minimum absolute atomic E-state index is 0.00493. The largest absolute Gasteiger partial charge is 0.368 e. The third-order valence-corrected chi connectivity index (χ3v) is 7.81. The van der Waals surface area contributed by atoms with E-state index in [0.717, 1.165) is 36.5 Å². The van der Waals surface area contributed by atoms with E-state index in [1.54, 1.807) is 30.1 Å². The summed E-state index contributed by atoms with van der Waals surface area (Å²) in [5, 5.41) is 3.45. The van der Waals surface area contributed by atoms with E-state index < -0.39 is 10.0 Å². The quantitative estimate of drug-likeness (QED) is 0.571. The lowest BCUT2D eigenvalue weighted by atomic mass is 10.1. The third-order valence-electron chi connectivity index (χ3n) is 5.45. The molecule has 7 nitrogen and oxygen atoms in total. The number of amides is 1. The first-order valence-electron chi connectivity index (χ1n) is 10.6. The van der Waals surface area contributed by atoms with Crippen LogP contribution in [0.5, 0.6) is 0 Å². The summed E-state index contributed by atoms with van der Waals surface area (Å²) in [6.45, 7) is 2.54. The number of nitrogens with zero attached hydrogens (tertiary/aromatic N) is 3. The zero-order valence-corrected chi connectivity index (χ0v) is 20.0. The van der Waals surface area contributed by atoms with Crippen molar-refractivity contribution in [2.75, 3.05) is 40.3 Å². The smallest absolute Gasteiger partial charge is 0.244 e. The van der Waals surface area contributed by atoms with Gasteiger partial charge in [0.2, 0.25) is 15.9 Å². The van der Waals surface area contributed by atoms with Gasteiger partial charge in [-0.2, -0.15) is 0 Å². The van der Waals surface area contributed by atoms with E-state index >= 15 is 0 Å². The van der Waals surface area contributed by atoms with Crippen molar-refractivity contribution < 1.29 is 13.2 Å². The summed E-state index contributed by atoms with van der Waals surface area (Å²) < 4.78 is 26.6. The number of rotatable bonds is 10. The van der Waals surface area contributed by atoms with Gasteiger partial charge in [0.15, 0.2) is 0 Å². The maximum atomic E-state index is 12.7. The van der Waals surface area contributed by atoms with Crippen molar-refractivity contribution in [3.63, 3.8) is 0 Å². The molecule has 0 aliphatic carbocycles. The van der Waals surface area contributed by atoms with Gasteiger partial charge in [-0.25, -0.2) is 12.7 Å². The first-order valence-corrected chi connectivity index (χ1v) is 12.4. The van der Waals surface area contributed by atoms with Gasteiger partial charge < -0.3 is 10.2 Å². The van der Waals surface area contributed by atoms with Crippen LogP contribution in [0, 0.1) is 0 Å². The van der Waals surface area contributed by atoms with E-state index in [-0.39, 0.29) is 28.8 Å². The molecule has 1 aliphatic rings. The molecule has 0 atom stereocenters. The van der Waals surface area contributed by atoms with E-state index in [0.29, 0.717) is 13.0 Å². The van der Waals surface area contributed by atoms with Gasteiger partial charge in [-0.1, -0.05) is 48.0 Å². The van der Waals surface area contributed by atoms with Crippen LogP contribution < -0.4 is 5.32 Å². The number of likely N-dealkylation sites (N-methyl/N-ethyl adjacent to an activating group) is 1. The molecule has 0 spiro atoms. The summed E-state index contributed by atoms with van der Waals surface area (Å²) in [6.07, 6.45) is 1.47. The Balaban J connectivity index is 1.43. The lowest BCUT2D eigenvalue weighted by Crippen LogP contribution is -2.31. The van der Waals surface area contributed by atoms with Crippen LogP contribution in [0.15, 0.2) is 58.4 Å². The number of benzene rings is 2. The van der Waals surface area contributed by atoms with Gasteiger partial charge in [-0.3, -0.25) is 9.79 Å². The first kappa shape index (κ1) is 24.2. The molecule has 0 fully saturated rings. The molecule has 1 heterocycles. The Labute approximate surface area is 195 Å². The Hall–Kier alpha value is -2.42. The predicted molar refractivity (Wildman–Crippen MR) is 128 cm³/mol. The number of carbonyl (C=O) groups excluding carboxylic acids is 1. The SMILES string of the molecule is CN(CCc1ccc(C2=NCCN2)cc1)C(=O)CCCN(C)S(=O)(=O)c1ccccc1Cl. The number of aliphatic imine (C=N–C) groups is 1. The second-order valence-corrected chi connectivity index (χ2v) is 10.2. The molecular weight excluding hydrogens is 448 g/mol. The van der Waals surface area contributed by atoms with Crippen molar-refractivity contribution in [3.05, 3.63) is 64.7 Å². The van der Waals surface area contributed by atoms with Crippen molar-refractivity contribution in [2.45, 2.75) is 24.2 Å². The fraction of sp³-hybridized carbons (Fsp3) is 0.391. The average molecular weight is 477 g/mol. The number of nitrogens with one attached hydrogen (secondary N) is 1. The van der Waals surface area contributed by atoms with E-state index in [4.69, 9.17) is 11.6 Å². The molecule has 1 aliphatic heterocycles. The lowest BCUT2D eigenvalue weighted by molar-refractivity contribution is -0.130. The van der Waals surface area contributed by atoms with Crippen molar-refractivity contribution in [1.82, 2.24) is 14.5 Å². The number of halogens is 1. The van der Waals surface area contributed by atoms with E-state index in [1.165, 1.54) is 17.4 Å². The van der Waals surface area contributed by atoms with E-state index in [9.17, 15) is 13.2 Å². The Morgan fingerprint density at radius 3 is 2.47 bits per heavy atom. The van der Waals surface area contributed by atoms with Crippen LogP contribution >= 0.6 is 11.6 Å². The second kappa shape index (κ2) is 10.9. The number of hydrogen-bond acceptors (Lipinski definition) is 5. The number of sulfonamides is 1. The summed E-state index contributed by atoms with van der Waals surface area (Å²) in [7, 11) is -0.401. The van der Waals surface area contributed by atoms with E-state index in [2.05, 4.69) is 22.4 Å². The van der Waals surface area contributed by atoms with Crippen molar-refractivity contribution >= 4 is 33.4 Å². The van der Waals surface area contributed by atoms with Crippen molar-refractivity contribution in [1.29, 1.82) is 0 Å². The Morgan fingerprint density at radius 2 is 1.81 bits per heavy atom. The molecule has 3 rings (SSSR count). The topological polar surface area (TPSA) is 82.1 Å². The number of hydrogen-bond donors (Lipinski definition) is 1. The van der Waals surface area contributed by atoms with Crippen LogP contribution in [0.4, 0.5) is 0 Å². The number of carbonyl (C=O) groups is 1. The van der Waals surface area contributed by atoms with Crippen LogP contribution in [0.2, 0.25) is 5.02 Å². The Morgan fingerprint density at radius 1 is 1.09 bits per heavy atom. The molecular formula is C23H29ClN4O3S. The Bertz CT molecular complexity index is 1070. The van der Waals surface area contributed by atoms with Crippen LogP contribution in [-0.4, -0.2) is 69.6 Å². The van der Waals surface area contributed by atoms with E-state index in [1.807, 2.05) is 12.1 Å². The molecule has 2 aromatic rings. The molecule has 1 N–H and O–H groups in total. The fourth-order valence-electron chi connectivity index (χ4n) is 3.43. The van der Waals surface area contributed by atoms with Crippen LogP contribution in [0.25, 0.3) is 0 Å². The van der Waals surface area contributed by atoms with Gasteiger partial charge in [0.25, 0.3) is 0 Å². The fourth-order valence-corrected chi connectivity index (χ4v) is 5.13. The zero-order chi connectivity index (χ0) is 23.1. The maximum Gasteiger partial charge on any atom is 0.244 e. The molecule has 0 aromatic heterocycles. The van der Waals surface area contributed by atoms with Crippen LogP contribution in [-0.2, 0) is 21.2 Å². The summed E-state index contributed by atoms with van der Waals surface area (Å²) in [4.78, 5) is 18.6. The highest BCUT2D eigenvalue weighted by atomic mass is 35.5. The summed E-state index contributed by atoms with van der Waals surface area (Å²) in [5.41, 5.74) is 2.23. The van der Waals surface area contributed by atoms with Crippen LogP contribution in [0.1, 0.15) is 24.0 Å². The minimum atomic E-state index is -3.68. The lowest BCUT2D eigenvalue weighted by Gasteiger charge is -2.20. The van der Waals surface area contributed by atoms with Gasteiger partial charge in [0, 0.05) is 45.7 Å². The highest BCUT2D eigenvalue weighted by molar-refractivity contribution is 7.89. The zero-order valence-electron chi connectivity index (χ0n) is 18.4. The molecule has 0 radical (unpaired) electrons. The van der Waals surface area contributed by atoms with Gasteiger partial charge in [-0.15, -0.1) is 0 Å². The van der Waals surface area contributed by atoms with Gasteiger partial charge in [0.05, 0.1) is 11.6 Å². The van der Waals surface area contributed by atoms with Crippen LogP contribution in [0.3, 0.4) is 0 Å². The average Bonchev–Trinajstić information content (AvgIpc) is 3.32. The second-order valence-electron chi connectivity index (χ2n) is 7.78. The third kappa shape index (κ3) is 6.09. The monoisotopic (exact) mass is 476 g/mol. The molecule has 2 aromatic carbocycles. The molecule has 32 heavy (non-hydrogen) atoms. The first-order chi connectivity index (χ1) is 15.3. The molecule has 0 unspecified atom stereocenters. The summed E-state index contributed by atoms with van der Waals surface area (Å²) in [6, 6.07) is 14.6. The normalized spacial score (nSPS) is 13.7. The molecule has 0 bridgehead atoms. The van der Waals surface area contributed by atoms with Gasteiger partial charge in [0.1, 0.15) is 10.7 Å². The van der Waals surface area contributed by atoms with Crippen molar-refractivity contribution in [3.8, 4) is 0 Å². The molecule has 0 saturated carbocycles. The number of amidine groups is 1. The summed E-state index contributed by atoms with van der Waals surface area (Å²) in [5.74, 6) is 0.931. The molecule has 0 saturated heterocycles. The standard InChI is InChI=1S/C23H29ClN4O3S/c1-27(17-13-18-9-11-19(12-10-18)23-25-14-15-26-23)22(29)8-5-16-28(2)32(30,31)21-7-4-3-6-20(21)24/h3-4,6-7,9-12H,5,8,13-17H2,1-2H3,(H,25,26). The van der Waals surface area contributed by atoms with Crippen molar-refractivity contribution in [2.24, 2.45) is 4.99 Å². The Kier molecular flexibility index (Phi) is 8.28. The van der Waals surface area contributed by atoms with Gasteiger partial charge >= 0.3 is 0 Å². The summed E-state index contributed by atoms with van der Waals surface area (Å²) >= 11 is 6.03.